The van der Waals surface area contributed by atoms with E-state index in [1.165, 1.54) is 6.92 Å². The molecule has 10 atom stereocenters. The molecule has 0 unspecified atom stereocenters. The lowest BCUT2D eigenvalue weighted by Crippen LogP contribution is -2.65. The highest BCUT2D eigenvalue weighted by atomic mass is 16.8. The van der Waals surface area contributed by atoms with Gasteiger partial charge in [0.2, 0.25) is 0 Å². The second-order valence-corrected chi connectivity index (χ2v) is 12.6. The van der Waals surface area contributed by atoms with E-state index in [-0.39, 0.29) is 19.8 Å². The smallest absolute Gasteiger partial charge is 0.303 e. The summed E-state index contributed by atoms with van der Waals surface area (Å²) in [5.74, 6) is -2.10. The summed E-state index contributed by atoms with van der Waals surface area (Å²) < 4.78 is 54.6. The maximum Gasteiger partial charge on any atom is 0.303 e. The maximum absolute atomic E-state index is 12.4. The Morgan fingerprint density at radius 1 is 0.577 bits per heavy atom. The minimum absolute atomic E-state index is 0.136. The number of aliphatic hydroxyl groups excluding tert-OH is 1. The number of ether oxygens (including phenoxy) is 9. The normalized spacial score (nSPS) is 28.8. The van der Waals surface area contributed by atoms with Crippen LogP contribution in [0.3, 0.4) is 0 Å². The van der Waals surface area contributed by atoms with Crippen LogP contribution in [0.5, 0.6) is 0 Å². The molecule has 13 nitrogen and oxygen atoms in total. The van der Waals surface area contributed by atoms with Gasteiger partial charge in [-0.2, -0.15) is 0 Å². The molecule has 1 N–H and O–H groups in total. The van der Waals surface area contributed by atoms with Crippen LogP contribution in [-0.2, 0) is 76.8 Å². The first-order valence-electron chi connectivity index (χ1n) is 17.2. The van der Waals surface area contributed by atoms with E-state index in [0.29, 0.717) is 0 Å². The van der Waals surface area contributed by atoms with Crippen LogP contribution >= 0.6 is 0 Å². The molecular weight excluding hydrogens is 676 g/mol. The summed E-state index contributed by atoms with van der Waals surface area (Å²) in [5.41, 5.74) is 2.73. The van der Waals surface area contributed by atoms with Gasteiger partial charge in [0, 0.05) is 20.8 Å². The molecule has 0 aliphatic carbocycles. The Morgan fingerprint density at radius 2 is 1.04 bits per heavy atom. The van der Waals surface area contributed by atoms with Gasteiger partial charge in [-0.05, 0) is 23.6 Å². The zero-order chi connectivity index (χ0) is 37.0. The van der Waals surface area contributed by atoms with Gasteiger partial charge in [0.15, 0.2) is 30.9 Å². The molecule has 3 aromatic carbocycles. The van der Waals surface area contributed by atoms with E-state index in [9.17, 15) is 19.5 Å². The van der Waals surface area contributed by atoms with Crippen molar-refractivity contribution in [2.75, 3.05) is 6.61 Å². The summed E-state index contributed by atoms with van der Waals surface area (Å²) >= 11 is 0. The molecule has 2 saturated heterocycles. The van der Waals surface area contributed by atoms with Gasteiger partial charge < -0.3 is 47.7 Å². The molecule has 0 bridgehead atoms. The van der Waals surface area contributed by atoms with Crippen molar-refractivity contribution in [2.24, 2.45) is 0 Å². The van der Waals surface area contributed by atoms with Gasteiger partial charge in [0.1, 0.15) is 31.0 Å². The van der Waals surface area contributed by atoms with E-state index in [0.717, 1.165) is 30.5 Å². The van der Waals surface area contributed by atoms with Crippen LogP contribution in [0.1, 0.15) is 44.4 Å². The van der Waals surface area contributed by atoms with Gasteiger partial charge in [0.05, 0.1) is 25.9 Å². The lowest BCUT2D eigenvalue weighted by atomic mass is 9.96. The number of carbonyl (C=O) groups is 3. The molecule has 2 aliphatic rings. The Kier molecular flexibility index (Phi) is 14.3. The predicted octanol–water partition coefficient (Wildman–Crippen LogP) is 4.02. The van der Waals surface area contributed by atoms with Crippen LogP contribution in [-0.4, -0.2) is 91.0 Å². The molecule has 2 aliphatic heterocycles. The molecule has 3 aromatic rings. The van der Waals surface area contributed by atoms with Crippen molar-refractivity contribution >= 4 is 17.9 Å². The van der Waals surface area contributed by atoms with Crippen molar-refractivity contribution < 1.29 is 62.1 Å². The average molecular weight is 723 g/mol. The fraction of sp³-hybridized carbons (Fsp3) is 0.462. The Hall–Kier alpha value is -4.21. The molecule has 0 saturated carbocycles. The molecule has 0 aromatic heterocycles. The summed E-state index contributed by atoms with van der Waals surface area (Å²) in [6.45, 7) is 5.54. The van der Waals surface area contributed by atoms with Crippen molar-refractivity contribution in [1.29, 1.82) is 0 Å². The molecule has 0 amide bonds. The highest BCUT2D eigenvalue weighted by Gasteiger charge is 2.55. The number of benzene rings is 3. The molecule has 280 valence electrons. The van der Waals surface area contributed by atoms with Crippen LogP contribution in [0.25, 0.3) is 0 Å². The number of aliphatic hydroxyl groups is 1. The Labute approximate surface area is 302 Å². The minimum atomic E-state index is -1.75. The molecule has 5 rings (SSSR count). The number of rotatable bonds is 15. The first kappa shape index (κ1) is 39.0. The highest BCUT2D eigenvalue weighted by Crippen LogP contribution is 2.35. The Balaban J connectivity index is 1.48. The third-order valence-corrected chi connectivity index (χ3v) is 8.54. The average Bonchev–Trinajstić information content (AvgIpc) is 3.12. The molecule has 0 radical (unpaired) electrons. The molecule has 0 spiro atoms. The SMILES string of the molecule is CC(=O)OC[C@H]1O[C@H](O)[C@H](O[C@@H]2O[C@@H](C)[C@@H](OCc3ccccc3)[C@@H](OCc3ccccc3)[C@@H]2OCc2ccccc2)[C@@H](OC(C)=O)[C@H]1OC(C)=O. The summed E-state index contributed by atoms with van der Waals surface area (Å²) in [6.07, 6.45) is -11.4. The van der Waals surface area contributed by atoms with E-state index in [2.05, 4.69) is 0 Å². The first-order chi connectivity index (χ1) is 25.1. The number of hydrogen-bond acceptors (Lipinski definition) is 13. The van der Waals surface area contributed by atoms with Crippen molar-refractivity contribution in [2.45, 2.75) is 109 Å². The second kappa shape index (κ2) is 19.0. The minimum Gasteiger partial charge on any atom is -0.463 e. The quantitative estimate of drug-likeness (QED) is 0.178. The summed E-state index contributed by atoms with van der Waals surface area (Å²) in [5, 5.41) is 11.3. The van der Waals surface area contributed by atoms with Crippen molar-refractivity contribution in [1.82, 2.24) is 0 Å². The standard InChI is InChI=1S/C39H46O13/c1-24-32(45-20-28-14-8-5-9-15-28)34(46-21-29-16-10-6-11-17-29)37(47-22-30-18-12-7-13-19-30)39(48-24)52-36-35(50-27(4)42)33(49-26(3)41)31(51-38(36)43)23-44-25(2)40/h5-19,24,31-39,43H,20-23H2,1-4H3/t24-,31+,32+,33-,34+,35-,36+,37-,38-,39-/m0/s1. The van der Waals surface area contributed by atoms with Gasteiger partial charge in [-0.3, -0.25) is 14.4 Å². The molecular formula is C39H46O13. The van der Waals surface area contributed by atoms with Crippen LogP contribution in [0.15, 0.2) is 91.0 Å². The Morgan fingerprint density at radius 3 is 1.52 bits per heavy atom. The van der Waals surface area contributed by atoms with E-state index in [1.807, 2.05) is 97.9 Å². The van der Waals surface area contributed by atoms with Crippen LogP contribution in [0.4, 0.5) is 0 Å². The van der Waals surface area contributed by atoms with Crippen molar-refractivity contribution in [3.63, 3.8) is 0 Å². The lowest BCUT2D eigenvalue weighted by Gasteiger charge is -2.48. The molecule has 13 heteroatoms. The first-order valence-corrected chi connectivity index (χ1v) is 17.2. The highest BCUT2D eigenvalue weighted by molar-refractivity contribution is 5.68. The van der Waals surface area contributed by atoms with Crippen molar-refractivity contribution in [3.8, 4) is 0 Å². The zero-order valence-electron chi connectivity index (χ0n) is 29.6. The Bertz CT molecular complexity index is 1560. The maximum atomic E-state index is 12.4. The summed E-state index contributed by atoms with van der Waals surface area (Å²) in [6, 6.07) is 28.8. The largest absolute Gasteiger partial charge is 0.463 e. The number of hydrogen-bond donors (Lipinski definition) is 1. The topological polar surface area (TPSA) is 155 Å². The molecule has 52 heavy (non-hydrogen) atoms. The molecule has 2 heterocycles. The third kappa shape index (κ3) is 10.9. The summed E-state index contributed by atoms with van der Waals surface area (Å²) in [7, 11) is 0. The van der Waals surface area contributed by atoms with Gasteiger partial charge in [-0.1, -0.05) is 91.0 Å². The van der Waals surface area contributed by atoms with Gasteiger partial charge in [-0.15, -0.1) is 0 Å². The zero-order valence-corrected chi connectivity index (χ0v) is 29.6. The lowest BCUT2D eigenvalue weighted by molar-refractivity contribution is -0.369. The fourth-order valence-corrected chi connectivity index (χ4v) is 6.17. The van der Waals surface area contributed by atoms with E-state index >= 15 is 0 Å². The predicted molar refractivity (Wildman–Crippen MR) is 183 cm³/mol. The number of carbonyl (C=O) groups excluding carboxylic acids is 3. The van der Waals surface area contributed by atoms with E-state index in [1.54, 1.807) is 0 Å². The summed E-state index contributed by atoms with van der Waals surface area (Å²) in [4.78, 5) is 36.3. The van der Waals surface area contributed by atoms with E-state index in [4.69, 9.17) is 42.6 Å². The van der Waals surface area contributed by atoms with Gasteiger partial charge in [-0.25, -0.2) is 0 Å². The van der Waals surface area contributed by atoms with Gasteiger partial charge in [0.25, 0.3) is 0 Å². The molecule has 2 fully saturated rings. The van der Waals surface area contributed by atoms with E-state index < -0.39 is 85.9 Å². The fourth-order valence-electron chi connectivity index (χ4n) is 6.17. The van der Waals surface area contributed by atoms with Crippen LogP contribution < -0.4 is 0 Å². The second-order valence-electron chi connectivity index (χ2n) is 12.6. The van der Waals surface area contributed by atoms with Crippen molar-refractivity contribution in [3.05, 3.63) is 108 Å². The monoisotopic (exact) mass is 722 g/mol. The number of esters is 3. The van der Waals surface area contributed by atoms with Crippen LogP contribution in [0, 0.1) is 0 Å². The van der Waals surface area contributed by atoms with Gasteiger partial charge >= 0.3 is 17.9 Å². The third-order valence-electron chi connectivity index (χ3n) is 8.54. The van der Waals surface area contributed by atoms with Crippen LogP contribution in [0.2, 0.25) is 0 Å².